The zero-order valence-corrected chi connectivity index (χ0v) is 21.8. The molecule has 0 unspecified atom stereocenters. The standard InChI is InChI=1S/C28H38N4O4/c1-18(33)31-13-11-21(12-14-31)20-7-5-19(6-8-20)15-23(17-29)30-26(34)25-22-9-10-24(16-22)32(25)27(35)36-28(2,3)4/h5-8,21-25H,9-16H2,1-4H3,(H,30,34)/t22-,23-,24+,25-/m0/s1. The maximum absolute atomic E-state index is 13.3. The van der Waals surface area contributed by atoms with Gasteiger partial charge in [0.05, 0.1) is 6.07 Å². The van der Waals surface area contributed by atoms with E-state index in [0.29, 0.717) is 12.3 Å². The zero-order valence-electron chi connectivity index (χ0n) is 21.8. The Bertz CT molecular complexity index is 1020. The number of likely N-dealkylation sites (tertiary alicyclic amines) is 2. The van der Waals surface area contributed by atoms with E-state index in [0.717, 1.165) is 50.8 Å². The molecule has 2 saturated heterocycles. The molecule has 194 valence electrons. The fraction of sp³-hybridized carbons (Fsp3) is 0.643. The van der Waals surface area contributed by atoms with Gasteiger partial charge in [-0.1, -0.05) is 24.3 Å². The Hall–Kier alpha value is -3.08. The minimum atomic E-state index is -0.679. The van der Waals surface area contributed by atoms with Gasteiger partial charge < -0.3 is 15.0 Å². The molecular weight excluding hydrogens is 456 g/mol. The van der Waals surface area contributed by atoms with Crippen LogP contribution in [0.4, 0.5) is 4.79 Å². The maximum atomic E-state index is 13.3. The molecule has 1 N–H and O–H groups in total. The normalized spacial score (nSPS) is 24.8. The zero-order chi connectivity index (χ0) is 26.0. The Morgan fingerprint density at radius 2 is 1.78 bits per heavy atom. The van der Waals surface area contributed by atoms with Gasteiger partial charge in [0.15, 0.2) is 0 Å². The number of carbonyl (C=O) groups is 3. The molecule has 1 aromatic rings. The van der Waals surface area contributed by atoms with Gasteiger partial charge >= 0.3 is 6.09 Å². The number of hydrogen-bond acceptors (Lipinski definition) is 5. The van der Waals surface area contributed by atoms with Gasteiger partial charge in [-0.3, -0.25) is 14.5 Å². The summed E-state index contributed by atoms with van der Waals surface area (Å²) in [5.74, 6) is 0.398. The van der Waals surface area contributed by atoms with E-state index in [2.05, 4.69) is 23.5 Å². The molecule has 36 heavy (non-hydrogen) atoms. The van der Waals surface area contributed by atoms with Gasteiger partial charge in [-0.15, -0.1) is 0 Å². The highest BCUT2D eigenvalue weighted by atomic mass is 16.6. The summed E-state index contributed by atoms with van der Waals surface area (Å²) in [4.78, 5) is 41.2. The molecule has 8 heteroatoms. The Morgan fingerprint density at radius 1 is 1.11 bits per heavy atom. The van der Waals surface area contributed by atoms with Crippen LogP contribution in [-0.2, 0) is 20.7 Å². The minimum absolute atomic E-state index is 0.0241. The van der Waals surface area contributed by atoms with E-state index in [4.69, 9.17) is 4.74 Å². The van der Waals surface area contributed by atoms with Crippen molar-refractivity contribution >= 4 is 17.9 Å². The summed E-state index contributed by atoms with van der Waals surface area (Å²) in [6.07, 6.45) is 4.45. The number of nitriles is 1. The van der Waals surface area contributed by atoms with E-state index in [1.807, 2.05) is 37.8 Å². The Balaban J connectivity index is 1.35. The second kappa shape index (κ2) is 10.5. The van der Waals surface area contributed by atoms with E-state index in [1.54, 1.807) is 11.8 Å². The quantitative estimate of drug-likeness (QED) is 0.672. The van der Waals surface area contributed by atoms with Crippen molar-refractivity contribution in [2.75, 3.05) is 13.1 Å². The number of hydrogen-bond donors (Lipinski definition) is 1. The highest BCUT2D eigenvalue weighted by molar-refractivity contribution is 5.87. The molecular formula is C28H38N4O4. The number of rotatable bonds is 5. The van der Waals surface area contributed by atoms with Gasteiger partial charge in [0.25, 0.3) is 0 Å². The summed E-state index contributed by atoms with van der Waals surface area (Å²) in [6.45, 7) is 8.65. The molecule has 2 heterocycles. The van der Waals surface area contributed by atoms with Gasteiger partial charge in [-0.2, -0.15) is 5.26 Å². The molecule has 8 nitrogen and oxygen atoms in total. The average Bonchev–Trinajstić information content (AvgIpc) is 3.45. The first-order valence-corrected chi connectivity index (χ1v) is 13.1. The lowest BCUT2D eigenvalue weighted by Crippen LogP contribution is -2.55. The molecule has 3 aliphatic rings. The van der Waals surface area contributed by atoms with Crippen LogP contribution in [0.5, 0.6) is 0 Å². The van der Waals surface area contributed by atoms with Gasteiger partial charge in [0, 0.05) is 32.5 Å². The van der Waals surface area contributed by atoms with Crippen LogP contribution in [0.25, 0.3) is 0 Å². The summed E-state index contributed by atoms with van der Waals surface area (Å²) in [5, 5.41) is 12.7. The number of piperidine rings is 2. The minimum Gasteiger partial charge on any atom is -0.444 e. The van der Waals surface area contributed by atoms with Crippen molar-refractivity contribution in [2.45, 2.75) is 95.9 Å². The predicted molar refractivity (Wildman–Crippen MR) is 135 cm³/mol. The van der Waals surface area contributed by atoms with Crippen molar-refractivity contribution in [1.82, 2.24) is 15.1 Å². The summed E-state index contributed by atoms with van der Waals surface area (Å²) in [7, 11) is 0. The molecule has 0 radical (unpaired) electrons. The third-order valence-electron chi connectivity index (χ3n) is 7.76. The SMILES string of the molecule is CC(=O)N1CCC(c2ccc(C[C@@H](C#N)NC(=O)[C@@H]3[C@H]4CC[C@H](C4)N3C(=O)OC(C)(C)C)cc2)CC1. The highest BCUT2D eigenvalue weighted by Crippen LogP contribution is 2.43. The van der Waals surface area contributed by atoms with E-state index in [1.165, 1.54) is 5.56 Å². The molecule has 4 rings (SSSR count). The smallest absolute Gasteiger partial charge is 0.411 e. The van der Waals surface area contributed by atoms with Crippen molar-refractivity contribution in [3.05, 3.63) is 35.4 Å². The Labute approximate surface area is 214 Å². The lowest BCUT2D eigenvalue weighted by atomic mass is 9.88. The first-order chi connectivity index (χ1) is 17.1. The maximum Gasteiger partial charge on any atom is 0.411 e. The van der Waals surface area contributed by atoms with E-state index < -0.39 is 23.8 Å². The number of ether oxygens (including phenoxy) is 1. The van der Waals surface area contributed by atoms with Crippen LogP contribution in [0.3, 0.4) is 0 Å². The largest absolute Gasteiger partial charge is 0.444 e. The van der Waals surface area contributed by atoms with Crippen LogP contribution in [-0.4, -0.2) is 64.5 Å². The second-order valence-corrected chi connectivity index (χ2v) is 11.5. The Kier molecular flexibility index (Phi) is 7.58. The van der Waals surface area contributed by atoms with Crippen molar-refractivity contribution in [3.8, 4) is 6.07 Å². The molecule has 4 atom stereocenters. The molecule has 3 amide bonds. The summed E-state index contributed by atoms with van der Waals surface area (Å²) in [5.41, 5.74) is 1.59. The fourth-order valence-corrected chi connectivity index (χ4v) is 5.98. The van der Waals surface area contributed by atoms with Gasteiger partial charge in [0.2, 0.25) is 11.8 Å². The monoisotopic (exact) mass is 494 g/mol. The van der Waals surface area contributed by atoms with Crippen LogP contribution in [0.2, 0.25) is 0 Å². The lowest BCUT2D eigenvalue weighted by Gasteiger charge is -2.35. The van der Waals surface area contributed by atoms with Gasteiger partial charge in [0.1, 0.15) is 17.7 Å². The number of fused-ring (bicyclic) bond motifs is 2. The molecule has 1 aliphatic carbocycles. The predicted octanol–water partition coefficient (Wildman–Crippen LogP) is 3.75. The highest BCUT2D eigenvalue weighted by Gasteiger charge is 2.52. The fourth-order valence-electron chi connectivity index (χ4n) is 5.98. The van der Waals surface area contributed by atoms with Gasteiger partial charge in [-0.25, -0.2) is 4.79 Å². The van der Waals surface area contributed by atoms with Crippen molar-refractivity contribution in [2.24, 2.45) is 5.92 Å². The summed E-state index contributed by atoms with van der Waals surface area (Å²) >= 11 is 0. The van der Waals surface area contributed by atoms with Gasteiger partial charge in [-0.05, 0) is 75.8 Å². The molecule has 1 aromatic carbocycles. The van der Waals surface area contributed by atoms with Crippen LogP contribution < -0.4 is 5.32 Å². The molecule has 3 fully saturated rings. The molecule has 1 saturated carbocycles. The average molecular weight is 495 g/mol. The second-order valence-electron chi connectivity index (χ2n) is 11.5. The first kappa shape index (κ1) is 26.0. The Morgan fingerprint density at radius 3 is 2.36 bits per heavy atom. The first-order valence-electron chi connectivity index (χ1n) is 13.1. The third-order valence-corrected chi connectivity index (χ3v) is 7.76. The summed E-state index contributed by atoms with van der Waals surface area (Å²) < 4.78 is 5.58. The molecule has 0 aromatic heterocycles. The van der Waals surface area contributed by atoms with Crippen molar-refractivity contribution < 1.29 is 19.1 Å². The lowest BCUT2D eigenvalue weighted by molar-refractivity contribution is -0.130. The number of nitrogens with zero attached hydrogens (tertiary/aromatic N) is 3. The molecule has 2 aliphatic heterocycles. The van der Waals surface area contributed by atoms with Crippen LogP contribution in [0.1, 0.15) is 76.8 Å². The van der Waals surface area contributed by atoms with Crippen molar-refractivity contribution in [3.63, 3.8) is 0 Å². The summed E-state index contributed by atoms with van der Waals surface area (Å²) in [6, 6.07) is 9.22. The van der Waals surface area contributed by atoms with E-state index in [-0.39, 0.29) is 23.8 Å². The van der Waals surface area contributed by atoms with Crippen LogP contribution >= 0.6 is 0 Å². The van der Waals surface area contributed by atoms with E-state index in [9.17, 15) is 19.6 Å². The topological polar surface area (TPSA) is 103 Å². The number of amides is 3. The number of nitrogens with one attached hydrogen (secondary N) is 1. The van der Waals surface area contributed by atoms with E-state index >= 15 is 0 Å². The number of benzene rings is 1. The molecule has 0 spiro atoms. The third kappa shape index (κ3) is 5.83. The number of carbonyl (C=O) groups excluding carboxylic acids is 3. The molecule has 2 bridgehead atoms. The van der Waals surface area contributed by atoms with Crippen LogP contribution in [0.15, 0.2) is 24.3 Å². The van der Waals surface area contributed by atoms with Crippen LogP contribution in [0, 0.1) is 17.2 Å². The van der Waals surface area contributed by atoms with Crippen molar-refractivity contribution in [1.29, 1.82) is 5.26 Å².